The molecular weight excluding hydrogens is 557 g/mol. The van der Waals surface area contributed by atoms with Crippen molar-refractivity contribution < 1.29 is 38.0 Å². The van der Waals surface area contributed by atoms with Crippen LogP contribution in [0.15, 0.2) is 36.4 Å². The largest absolute Gasteiger partial charge is 0.490 e. The molecule has 2 aromatic carbocycles. The van der Waals surface area contributed by atoms with Gasteiger partial charge in [-0.3, -0.25) is 10.7 Å². The Bertz CT molecular complexity index is 1230. The van der Waals surface area contributed by atoms with Crippen LogP contribution in [-0.4, -0.2) is 55.0 Å². The maximum atomic E-state index is 15.3. The molecule has 0 aliphatic heterocycles. The lowest BCUT2D eigenvalue weighted by Crippen LogP contribution is -2.43. The van der Waals surface area contributed by atoms with Crippen LogP contribution < -0.4 is 20.1 Å². The van der Waals surface area contributed by atoms with Crippen molar-refractivity contribution in [2.24, 2.45) is 5.92 Å². The molecule has 1 amide bonds. The fourth-order valence-corrected chi connectivity index (χ4v) is 5.38. The van der Waals surface area contributed by atoms with Crippen LogP contribution >= 0.6 is 0 Å². The lowest BCUT2D eigenvalue weighted by molar-refractivity contribution is -0.144. The number of ether oxygens (including phenoxy) is 4. The van der Waals surface area contributed by atoms with Crippen LogP contribution in [0.3, 0.4) is 0 Å². The van der Waals surface area contributed by atoms with E-state index in [1.807, 2.05) is 0 Å². The molecule has 3 rings (SSSR count). The highest BCUT2D eigenvalue weighted by Gasteiger charge is 2.37. The number of amidine groups is 1. The maximum absolute atomic E-state index is 15.3. The molecule has 11 heteroatoms. The summed E-state index contributed by atoms with van der Waals surface area (Å²) >= 11 is 0. The lowest BCUT2D eigenvalue weighted by atomic mass is 9.79. The number of hydrogen-bond donors (Lipinski definition) is 4. The first kappa shape index (κ1) is 33.6. The molecule has 0 spiro atoms. The number of hydrogen-bond acceptors (Lipinski definition) is 9. The van der Waals surface area contributed by atoms with Crippen LogP contribution in [0.1, 0.15) is 83.4 Å². The van der Waals surface area contributed by atoms with Gasteiger partial charge in [-0.1, -0.05) is 20.3 Å². The van der Waals surface area contributed by atoms with E-state index in [0.29, 0.717) is 17.2 Å². The van der Waals surface area contributed by atoms with Crippen molar-refractivity contribution in [1.29, 1.82) is 5.41 Å². The number of aliphatic hydroxyl groups is 1. The van der Waals surface area contributed by atoms with Gasteiger partial charge in [0.05, 0.1) is 19.8 Å². The van der Waals surface area contributed by atoms with Crippen molar-refractivity contribution in [1.82, 2.24) is 5.32 Å². The molecule has 1 unspecified atom stereocenters. The molecule has 1 fully saturated rings. The van der Waals surface area contributed by atoms with Crippen molar-refractivity contribution >= 4 is 23.6 Å². The van der Waals surface area contributed by atoms with Crippen molar-refractivity contribution in [3.8, 4) is 11.5 Å². The van der Waals surface area contributed by atoms with E-state index in [0.717, 1.165) is 44.6 Å². The first-order valence-corrected chi connectivity index (χ1v) is 14.9. The number of aliphatic hydroxyl groups excluding tert-OH is 1. The molecule has 0 heterocycles. The SMILES string of the molecule is CCOC(=O)C(Nc1ccc(C(=N)NC(=O)OC2(CC(C)C)CCCCC2)cc1)c1cc(OCC)c(OCCO)cc1F. The number of amides is 1. The van der Waals surface area contributed by atoms with Gasteiger partial charge in [-0.2, -0.15) is 0 Å². The summed E-state index contributed by atoms with van der Waals surface area (Å²) in [6.45, 7) is 7.67. The van der Waals surface area contributed by atoms with E-state index in [4.69, 9.17) is 29.5 Å². The summed E-state index contributed by atoms with van der Waals surface area (Å²) in [4.78, 5) is 25.7. The predicted octanol–water partition coefficient (Wildman–Crippen LogP) is 6.11. The van der Waals surface area contributed by atoms with Crippen molar-refractivity contribution in [3.05, 3.63) is 53.3 Å². The Morgan fingerprint density at radius 1 is 1.02 bits per heavy atom. The Morgan fingerprint density at radius 2 is 1.70 bits per heavy atom. The van der Waals surface area contributed by atoms with Gasteiger partial charge < -0.3 is 29.4 Å². The number of carbonyl (C=O) groups is 2. The summed E-state index contributed by atoms with van der Waals surface area (Å²) in [5.74, 6) is -0.857. The zero-order chi connectivity index (χ0) is 31.4. The summed E-state index contributed by atoms with van der Waals surface area (Å²) in [5.41, 5.74) is 0.352. The van der Waals surface area contributed by atoms with Gasteiger partial charge in [0.25, 0.3) is 0 Å². The monoisotopic (exact) mass is 601 g/mol. The van der Waals surface area contributed by atoms with Crippen molar-refractivity contribution in [2.45, 2.75) is 77.9 Å². The number of alkyl carbamates (subject to hydrolysis) is 1. The van der Waals surface area contributed by atoms with E-state index < -0.39 is 29.5 Å². The van der Waals surface area contributed by atoms with E-state index in [-0.39, 0.29) is 49.3 Å². The van der Waals surface area contributed by atoms with E-state index >= 15 is 4.39 Å². The van der Waals surface area contributed by atoms with Crippen LogP contribution in [-0.2, 0) is 14.3 Å². The Labute approximate surface area is 252 Å². The Balaban J connectivity index is 1.75. The Hall–Kier alpha value is -3.86. The van der Waals surface area contributed by atoms with Crippen molar-refractivity contribution in [2.75, 3.05) is 31.7 Å². The van der Waals surface area contributed by atoms with Gasteiger partial charge in [-0.15, -0.1) is 0 Å². The normalized spacial score (nSPS) is 14.9. The molecule has 0 aromatic heterocycles. The molecule has 236 valence electrons. The van der Waals surface area contributed by atoms with E-state index in [1.54, 1.807) is 38.1 Å². The van der Waals surface area contributed by atoms with Gasteiger partial charge in [0.2, 0.25) is 0 Å². The molecule has 10 nitrogen and oxygen atoms in total. The average molecular weight is 602 g/mol. The molecule has 2 aromatic rings. The highest BCUT2D eigenvalue weighted by molar-refractivity contribution is 6.04. The van der Waals surface area contributed by atoms with Gasteiger partial charge in [-0.25, -0.2) is 14.0 Å². The number of esters is 1. The van der Waals surface area contributed by atoms with Crippen LogP contribution in [0, 0.1) is 17.1 Å². The quantitative estimate of drug-likeness (QED) is 0.116. The molecule has 1 saturated carbocycles. The molecule has 4 N–H and O–H groups in total. The molecule has 1 aliphatic rings. The van der Waals surface area contributed by atoms with Crippen LogP contribution in [0.5, 0.6) is 11.5 Å². The zero-order valence-electron chi connectivity index (χ0n) is 25.5. The summed E-state index contributed by atoms with van der Waals surface area (Å²) in [5, 5.41) is 23.0. The highest BCUT2D eigenvalue weighted by Crippen LogP contribution is 2.37. The van der Waals surface area contributed by atoms with Gasteiger partial charge in [0.1, 0.15) is 23.9 Å². The summed E-state index contributed by atoms with van der Waals surface area (Å²) in [7, 11) is 0. The fourth-order valence-electron chi connectivity index (χ4n) is 5.38. The second-order valence-electron chi connectivity index (χ2n) is 11.0. The minimum absolute atomic E-state index is 0.0162. The lowest BCUT2D eigenvalue weighted by Gasteiger charge is -2.38. The minimum Gasteiger partial charge on any atom is -0.490 e. The number of rotatable bonds is 14. The third-order valence-corrected chi connectivity index (χ3v) is 7.11. The molecule has 1 aliphatic carbocycles. The molecule has 43 heavy (non-hydrogen) atoms. The third kappa shape index (κ3) is 9.57. The summed E-state index contributed by atoms with van der Waals surface area (Å²) < 4.78 is 37.4. The smallest absolute Gasteiger partial charge is 0.413 e. The maximum Gasteiger partial charge on any atom is 0.413 e. The van der Waals surface area contributed by atoms with Crippen LogP contribution in [0.2, 0.25) is 0 Å². The van der Waals surface area contributed by atoms with Crippen molar-refractivity contribution in [3.63, 3.8) is 0 Å². The minimum atomic E-state index is -1.22. The topological polar surface area (TPSA) is 139 Å². The second kappa shape index (κ2) is 16.1. The highest BCUT2D eigenvalue weighted by atomic mass is 19.1. The zero-order valence-corrected chi connectivity index (χ0v) is 25.5. The third-order valence-electron chi connectivity index (χ3n) is 7.11. The Morgan fingerprint density at radius 3 is 2.30 bits per heavy atom. The average Bonchev–Trinajstić information content (AvgIpc) is 2.96. The van der Waals surface area contributed by atoms with Gasteiger partial charge >= 0.3 is 12.1 Å². The molecule has 1 atom stereocenters. The molecule has 0 bridgehead atoms. The van der Waals surface area contributed by atoms with Gasteiger partial charge in [0.15, 0.2) is 17.5 Å². The van der Waals surface area contributed by atoms with Gasteiger partial charge in [0, 0.05) is 22.9 Å². The molecule has 0 radical (unpaired) electrons. The van der Waals surface area contributed by atoms with E-state index in [1.165, 1.54) is 6.07 Å². The fraction of sp³-hybridized carbons (Fsp3) is 0.531. The van der Waals surface area contributed by atoms with E-state index in [2.05, 4.69) is 24.5 Å². The predicted molar refractivity (Wildman–Crippen MR) is 161 cm³/mol. The second-order valence-corrected chi connectivity index (χ2v) is 11.0. The summed E-state index contributed by atoms with van der Waals surface area (Å²) in [6, 6.07) is 7.69. The standard InChI is InChI=1S/C32H44FN3O7/c1-5-40-26-18-24(25(33)19-27(26)42-17-16-37)28(30(38)41-6-2)35-23-12-10-22(11-13-23)29(34)36-31(39)43-32(20-21(3)4)14-8-7-9-15-32/h10-13,18-19,21,28,35,37H,5-9,14-17,20H2,1-4H3,(H2,34,36,39). The van der Waals surface area contributed by atoms with Crippen LogP contribution in [0.4, 0.5) is 14.9 Å². The number of nitrogens with one attached hydrogen (secondary N) is 3. The number of anilines is 1. The van der Waals surface area contributed by atoms with Gasteiger partial charge in [-0.05, 0) is 82.2 Å². The first-order valence-electron chi connectivity index (χ1n) is 14.9. The first-order chi connectivity index (χ1) is 20.6. The number of halogens is 1. The van der Waals surface area contributed by atoms with Crippen LogP contribution in [0.25, 0.3) is 0 Å². The number of carbonyl (C=O) groups excluding carboxylic acids is 2. The Kier molecular flexibility index (Phi) is 12.6. The molecule has 0 saturated heterocycles. The molecular formula is C32H44FN3O7. The summed E-state index contributed by atoms with van der Waals surface area (Å²) in [6.07, 6.45) is 4.92. The number of benzene rings is 2. The van der Waals surface area contributed by atoms with E-state index in [9.17, 15) is 9.59 Å².